The first-order chi connectivity index (χ1) is 11.3. The summed E-state index contributed by atoms with van der Waals surface area (Å²) in [6, 6.07) is 13.3. The lowest BCUT2D eigenvalue weighted by Crippen LogP contribution is -2.17. The predicted molar refractivity (Wildman–Crippen MR) is 88.8 cm³/mol. The van der Waals surface area contributed by atoms with Gasteiger partial charge in [-0.15, -0.1) is 0 Å². The molecule has 2 aromatic rings. The Balaban J connectivity index is 1.56. The van der Waals surface area contributed by atoms with Gasteiger partial charge in [-0.3, -0.25) is 4.79 Å². The van der Waals surface area contributed by atoms with E-state index < -0.39 is 0 Å². The fourth-order valence-corrected chi connectivity index (χ4v) is 3.15. The topological polar surface area (TPSA) is 38.8 Å². The summed E-state index contributed by atoms with van der Waals surface area (Å²) >= 11 is 0. The highest BCUT2D eigenvalue weighted by atomic mass is 16.6. The minimum atomic E-state index is 0.00921. The van der Waals surface area contributed by atoms with Crippen LogP contribution in [0, 0.1) is 0 Å². The minimum absolute atomic E-state index is 0.00921. The van der Waals surface area contributed by atoms with Gasteiger partial charge in [0, 0.05) is 29.9 Å². The zero-order valence-corrected chi connectivity index (χ0v) is 13.0. The Morgan fingerprint density at radius 1 is 0.826 bits per heavy atom. The zero-order chi connectivity index (χ0) is 15.6. The predicted octanol–water partition coefficient (Wildman–Crippen LogP) is 3.29. The van der Waals surface area contributed by atoms with Crippen LogP contribution in [0.1, 0.15) is 28.8 Å². The van der Waals surface area contributed by atoms with E-state index >= 15 is 0 Å². The average molecular weight is 309 g/mol. The molecule has 2 aliphatic rings. The van der Waals surface area contributed by atoms with Crippen LogP contribution in [0.5, 0.6) is 11.5 Å². The lowest BCUT2D eigenvalue weighted by molar-refractivity contribution is 0.103. The van der Waals surface area contributed by atoms with Crippen molar-refractivity contribution < 1.29 is 14.3 Å². The Morgan fingerprint density at radius 3 is 2.22 bits per heavy atom. The summed E-state index contributed by atoms with van der Waals surface area (Å²) in [5.41, 5.74) is 2.52. The average Bonchev–Trinajstić information content (AvgIpc) is 3.15. The van der Waals surface area contributed by atoms with Gasteiger partial charge in [-0.05, 0) is 55.3 Å². The van der Waals surface area contributed by atoms with Gasteiger partial charge in [0.1, 0.15) is 13.2 Å². The highest BCUT2D eigenvalue weighted by molar-refractivity contribution is 6.09. The number of carbonyl (C=O) groups is 1. The van der Waals surface area contributed by atoms with Gasteiger partial charge in [0.05, 0.1) is 0 Å². The van der Waals surface area contributed by atoms with Crippen molar-refractivity contribution >= 4 is 11.5 Å². The highest BCUT2D eigenvalue weighted by Crippen LogP contribution is 2.31. The number of benzene rings is 2. The molecule has 0 bridgehead atoms. The van der Waals surface area contributed by atoms with Gasteiger partial charge in [-0.1, -0.05) is 0 Å². The molecule has 0 radical (unpaired) electrons. The number of hydrogen-bond acceptors (Lipinski definition) is 4. The fourth-order valence-electron chi connectivity index (χ4n) is 3.15. The number of nitrogens with zero attached hydrogens (tertiary/aromatic N) is 1. The van der Waals surface area contributed by atoms with Crippen molar-refractivity contribution in [1.29, 1.82) is 0 Å². The zero-order valence-electron chi connectivity index (χ0n) is 13.0. The van der Waals surface area contributed by atoms with Gasteiger partial charge in [0.25, 0.3) is 0 Å². The van der Waals surface area contributed by atoms with Gasteiger partial charge in [0.15, 0.2) is 17.3 Å². The van der Waals surface area contributed by atoms with E-state index in [9.17, 15) is 4.79 Å². The van der Waals surface area contributed by atoms with E-state index in [0.717, 1.165) is 13.1 Å². The van der Waals surface area contributed by atoms with Crippen molar-refractivity contribution in [1.82, 2.24) is 0 Å². The van der Waals surface area contributed by atoms with Gasteiger partial charge in [0.2, 0.25) is 0 Å². The van der Waals surface area contributed by atoms with Gasteiger partial charge in [-0.25, -0.2) is 0 Å². The molecule has 1 saturated heterocycles. The lowest BCUT2D eigenvalue weighted by Gasteiger charge is -2.19. The van der Waals surface area contributed by atoms with E-state index in [2.05, 4.69) is 4.90 Å². The first kappa shape index (κ1) is 14.1. The lowest BCUT2D eigenvalue weighted by atomic mass is 10.0. The molecule has 0 saturated carbocycles. The maximum absolute atomic E-state index is 12.7. The molecule has 2 aliphatic heterocycles. The molecule has 0 aliphatic carbocycles. The minimum Gasteiger partial charge on any atom is -0.486 e. The molecule has 1 fully saturated rings. The van der Waals surface area contributed by atoms with E-state index in [1.54, 1.807) is 18.2 Å². The monoisotopic (exact) mass is 309 g/mol. The quantitative estimate of drug-likeness (QED) is 0.816. The third kappa shape index (κ3) is 2.77. The van der Waals surface area contributed by atoms with Crippen LogP contribution in [0.15, 0.2) is 42.5 Å². The van der Waals surface area contributed by atoms with Crippen molar-refractivity contribution in [3.8, 4) is 11.5 Å². The smallest absolute Gasteiger partial charge is 0.193 e. The van der Waals surface area contributed by atoms with Crippen LogP contribution in [0.2, 0.25) is 0 Å². The number of anilines is 1. The van der Waals surface area contributed by atoms with Crippen LogP contribution in [0.25, 0.3) is 0 Å². The first-order valence-electron chi connectivity index (χ1n) is 8.11. The summed E-state index contributed by atoms with van der Waals surface area (Å²) in [6.45, 7) is 3.29. The molecule has 23 heavy (non-hydrogen) atoms. The molecule has 4 heteroatoms. The summed E-state index contributed by atoms with van der Waals surface area (Å²) in [6.07, 6.45) is 2.50. The van der Waals surface area contributed by atoms with E-state index in [4.69, 9.17) is 9.47 Å². The SMILES string of the molecule is O=C(c1ccc(N2CCCC2)cc1)c1ccc2c(c1)OCCO2. The van der Waals surface area contributed by atoms with Crippen LogP contribution in [-0.4, -0.2) is 32.1 Å². The molecule has 4 rings (SSSR count). The van der Waals surface area contributed by atoms with Crippen molar-refractivity contribution in [2.75, 3.05) is 31.2 Å². The number of fused-ring (bicyclic) bond motifs is 1. The fraction of sp³-hybridized carbons (Fsp3) is 0.316. The molecule has 0 amide bonds. The van der Waals surface area contributed by atoms with Crippen molar-refractivity contribution in [3.63, 3.8) is 0 Å². The highest BCUT2D eigenvalue weighted by Gasteiger charge is 2.17. The summed E-state index contributed by atoms with van der Waals surface area (Å²) in [5.74, 6) is 1.36. The molecule has 0 aromatic heterocycles. The maximum Gasteiger partial charge on any atom is 0.193 e. The van der Waals surface area contributed by atoms with Crippen LogP contribution in [-0.2, 0) is 0 Å². The van der Waals surface area contributed by atoms with Crippen LogP contribution in [0.4, 0.5) is 5.69 Å². The Kier molecular flexibility index (Phi) is 3.66. The van der Waals surface area contributed by atoms with E-state index in [0.29, 0.717) is 35.8 Å². The number of carbonyl (C=O) groups excluding carboxylic acids is 1. The third-order valence-electron chi connectivity index (χ3n) is 4.41. The number of hydrogen-bond donors (Lipinski definition) is 0. The standard InChI is InChI=1S/C19H19NO3/c21-19(15-5-8-17-18(13-15)23-12-11-22-17)14-3-6-16(7-4-14)20-9-1-2-10-20/h3-8,13H,1-2,9-12H2. The second-order valence-electron chi connectivity index (χ2n) is 5.93. The summed E-state index contributed by atoms with van der Waals surface area (Å²) in [7, 11) is 0. The second-order valence-corrected chi connectivity index (χ2v) is 5.93. The summed E-state index contributed by atoms with van der Waals surface area (Å²) < 4.78 is 11.0. The van der Waals surface area contributed by atoms with E-state index in [-0.39, 0.29) is 5.78 Å². The maximum atomic E-state index is 12.7. The van der Waals surface area contributed by atoms with Crippen LogP contribution in [0.3, 0.4) is 0 Å². The van der Waals surface area contributed by atoms with Crippen molar-refractivity contribution in [3.05, 3.63) is 53.6 Å². The van der Waals surface area contributed by atoms with E-state index in [1.807, 2.05) is 24.3 Å². The molecule has 0 spiro atoms. The molecule has 0 atom stereocenters. The van der Waals surface area contributed by atoms with Crippen molar-refractivity contribution in [2.24, 2.45) is 0 Å². The second kappa shape index (κ2) is 5.95. The summed E-state index contributed by atoms with van der Waals surface area (Å²) in [5, 5.41) is 0. The Morgan fingerprint density at radius 2 is 1.48 bits per heavy atom. The third-order valence-corrected chi connectivity index (χ3v) is 4.41. The number of ketones is 1. The van der Waals surface area contributed by atoms with Crippen molar-refractivity contribution in [2.45, 2.75) is 12.8 Å². The molecule has 118 valence electrons. The van der Waals surface area contributed by atoms with Gasteiger partial charge < -0.3 is 14.4 Å². The molecule has 2 aromatic carbocycles. The molecule has 4 nitrogen and oxygen atoms in total. The van der Waals surface area contributed by atoms with Gasteiger partial charge in [-0.2, -0.15) is 0 Å². The molecule has 0 N–H and O–H groups in total. The molecule has 2 heterocycles. The normalized spacial score (nSPS) is 16.4. The number of ether oxygens (including phenoxy) is 2. The van der Waals surface area contributed by atoms with Crippen LogP contribution >= 0.6 is 0 Å². The molecule has 0 unspecified atom stereocenters. The van der Waals surface area contributed by atoms with E-state index in [1.165, 1.54) is 18.5 Å². The largest absolute Gasteiger partial charge is 0.486 e. The molecular weight excluding hydrogens is 290 g/mol. The Bertz CT molecular complexity index is 718. The Labute approximate surface area is 135 Å². The summed E-state index contributed by atoms with van der Waals surface area (Å²) in [4.78, 5) is 15.0. The first-order valence-corrected chi connectivity index (χ1v) is 8.11. The van der Waals surface area contributed by atoms with Gasteiger partial charge >= 0.3 is 0 Å². The van der Waals surface area contributed by atoms with Crippen LogP contribution < -0.4 is 14.4 Å². The number of rotatable bonds is 3. The Hall–Kier alpha value is -2.49. The molecular formula is C19H19NO3.